The molecular weight excluding hydrogens is 199 g/mol. The van der Waals surface area contributed by atoms with Crippen LogP contribution in [-0.4, -0.2) is 5.38 Å². The molecule has 0 amide bonds. The normalized spacial score (nSPS) is 34.3. The van der Waals surface area contributed by atoms with Crippen molar-refractivity contribution in [2.24, 2.45) is 5.92 Å². The topological polar surface area (TPSA) is 0 Å². The lowest BCUT2D eigenvalue weighted by Crippen LogP contribution is -2.10. The summed E-state index contributed by atoms with van der Waals surface area (Å²) in [5.41, 5.74) is 0. The fraction of sp³-hybridized carbons (Fsp3) is 0.429. The Bertz CT molecular complexity index is 160. The molecule has 2 heteroatoms. The number of alkyl halides is 1. The van der Waals surface area contributed by atoms with Gasteiger partial charge in [0.05, 0.1) is 5.38 Å². The summed E-state index contributed by atoms with van der Waals surface area (Å²) in [5.74, 6) is 0.450. The second-order valence-corrected chi connectivity index (χ2v) is 3.58. The van der Waals surface area contributed by atoms with Gasteiger partial charge >= 0.3 is 0 Å². The third-order valence-corrected chi connectivity index (χ3v) is 3.05. The molecule has 9 heavy (non-hydrogen) atoms. The molecule has 0 saturated heterocycles. The third kappa shape index (κ3) is 1.59. The van der Waals surface area contributed by atoms with E-state index in [1.807, 2.05) is 12.2 Å². The fourth-order valence-electron chi connectivity index (χ4n) is 0.763. The first kappa shape index (κ1) is 7.36. The van der Waals surface area contributed by atoms with E-state index in [9.17, 15) is 0 Å². The molecule has 0 spiro atoms. The van der Waals surface area contributed by atoms with Crippen molar-refractivity contribution < 1.29 is 0 Å². The lowest BCUT2D eigenvalue weighted by Gasteiger charge is -2.16. The van der Waals surface area contributed by atoms with E-state index in [4.69, 9.17) is 11.6 Å². The number of allylic oxidation sites excluding steroid dienone is 4. The first-order valence-corrected chi connectivity index (χ1v) is 4.12. The molecule has 1 rings (SSSR count). The molecule has 0 heterocycles. The average Bonchev–Trinajstić information content (AvgIpc) is 1.83. The summed E-state index contributed by atoms with van der Waals surface area (Å²) in [4.78, 5) is 0. The monoisotopic (exact) mass is 206 g/mol. The summed E-state index contributed by atoms with van der Waals surface area (Å²) in [7, 11) is 0. The van der Waals surface area contributed by atoms with E-state index in [0.29, 0.717) is 5.92 Å². The van der Waals surface area contributed by atoms with E-state index >= 15 is 0 Å². The van der Waals surface area contributed by atoms with Gasteiger partial charge in [0.1, 0.15) is 0 Å². The first-order valence-electron chi connectivity index (χ1n) is 2.90. The molecule has 1 aliphatic carbocycles. The lowest BCUT2D eigenvalue weighted by atomic mass is 10.0. The molecule has 0 aromatic carbocycles. The maximum absolute atomic E-state index is 5.95. The minimum absolute atomic E-state index is 0.134. The van der Waals surface area contributed by atoms with Crippen LogP contribution in [0.25, 0.3) is 0 Å². The van der Waals surface area contributed by atoms with Crippen LogP contribution in [0.15, 0.2) is 22.7 Å². The van der Waals surface area contributed by atoms with Gasteiger partial charge in [0.25, 0.3) is 0 Å². The molecule has 0 radical (unpaired) electrons. The molecule has 0 aromatic heterocycles. The summed E-state index contributed by atoms with van der Waals surface area (Å²) in [5, 5.41) is 0.134. The van der Waals surface area contributed by atoms with Crippen LogP contribution in [0.5, 0.6) is 0 Å². The molecule has 0 saturated carbocycles. The highest BCUT2D eigenvalue weighted by Crippen LogP contribution is 2.27. The second-order valence-electron chi connectivity index (χ2n) is 2.20. The smallest absolute Gasteiger partial charge is 0.0710 e. The zero-order valence-corrected chi connectivity index (χ0v) is 7.48. The van der Waals surface area contributed by atoms with Crippen molar-refractivity contribution in [1.82, 2.24) is 0 Å². The molecule has 2 atom stereocenters. The molecule has 50 valence electrons. The van der Waals surface area contributed by atoms with Crippen LogP contribution < -0.4 is 0 Å². The Labute approximate surface area is 68.7 Å². The molecule has 1 aliphatic rings. The SMILES string of the molecule is CC1C=CC=C(Br)C1Cl. The second kappa shape index (κ2) is 2.89. The van der Waals surface area contributed by atoms with Crippen molar-refractivity contribution in [3.63, 3.8) is 0 Å². The van der Waals surface area contributed by atoms with Crippen LogP contribution in [0.3, 0.4) is 0 Å². The molecular formula is C7H8BrCl. The predicted molar refractivity (Wildman–Crippen MR) is 45.0 cm³/mol. The Kier molecular flexibility index (Phi) is 2.36. The Balaban J connectivity index is 2.73. The van der Waals surface area contributed by atoms with Gasteiger partial charge in [-0.15, -0.1) is 11.6 Å². The summed E-state index contributed by atoms with van der Waals surface area (Å²) in [6, 6.07) is 0. The van der Waals surface area contributed by atoms with Gasteiger partial charge in [0.2, 0.25) is 0 Å². The summed E-state index contributed by atoms with van der Waals surface area (Å²) in [6.45, 7) is 2.10. The quantitative estimate of drug-likeness (QED) is 0.536. The summed E-state index contributed by atoms with van der Waals surface area (Å²) < 4.78 is 1.08. The zero-order chi connectivity index (χ0) is 6.85. The van der Waals surface area contributed by atoms with Gasteiger partial charge in [-0.2, -0.15) is 0 Å². The van der Waals surface area contributed by atoms with Crippen molar-refractivity contribution in [2.45, 2.75) is 12.3 Å². The first-order chi connectivity index (χ1) is 4.22. The zero-order valence-electron chi connectivity index (χ0n) is 5.14. The van der Waals surface area contributed by atoms with Crippen molar-refractivity contribution in [3.05, 3.63) is 22.7 Å². The fourth-order valence-corrected chi connectivity index (χ4v) is 1.49. The van der Waals surface area contributed by atoms with Crippen LogP contribution >= 0.6 is 27.5 Å². The van der Waals surface area contributed by atoms with Gasteiger partial charge in [-0.05, 0) is 5.92 Å². The molecule has 0 fully saturated rings. The number of halogens is 2. The maximum Gasteiger partial charge on any atom is 0.0710 e. The third-order valence-electron chi connectivity index (χ3n) is 1.40. The van der Waals surface area contributed by atoms with E-state index in [1.165, 1.54) is 0 Å². The average molecular weight is 207 g/mol. The van der Waals surface area contributed by atoms with E-state index in [0.717, 1.165) is 4.48 Å². The van der Waals surface area contributed by atoms with Crippen LogP contribution in [0.1, 0.15) is 6.92 Å². The van der Waals surface area contributed by atoms with Crippen molar-refractivity contribution in [2.75, 3.05) is 0 Å². The summed E-state index contributed by atoms with van der Waals surface area (Å²) >= 11 is 9.32. The van der Waals surface area contributed by atoms with Gasteiger partial charge in [-0.3, -0.25) is 0 Å². The predicted octanol–water partition coefficient (Wildman–Crippen LogP) is 3.08. The number of hydrogen-bond acceptors (Lipinski definition) is 0. The van der Waals surface area contributed by atoms with Gasteiger partial charge in [-0.25, -0.2) is 0 Å². The Hall–Kier alpha value is 0.250. The molecule has 0 aromatic rings. The van der Waals surface area contributed by atoms with E-state index in [1.54, 1.807) is 0 Å². The summed E-state index contributed by atoms with van der Waals surface area (Å²) in [6.07, 6.45) is 6.10. The van der Waals surface area contributed by atoms with Gasteiger partial charge in [-0.1, -0.05) is 41.1 Å². The van der Waals surface area contributed by atoms with E-state index in [2.05, 4.69) is 28.9 Å². The molecule has 0 nitrogen and oxygen atoms in total. The minimum atomic E-state index is 0.134. The Morgan fingerprint density at radius 1 is 1.67 bits per heavy atom. The van der Waals surface area contributed by atoms with Gasteiger partial charge in [0, 0.05) is 4.48 Å². The molecule has 0 aliphatic heterocycles. The van der Waals surface area contributed by atoms with Gasteiger partial charge < -0.3 is 0 Å². The Morgan fingerprint density at radius 3 is 2.78 bits per heavy atom. The van der Waals surface area contributed by atoms with E-state index < -0.39 is 0 Å². The van der Waals surface area contributed by atoms with Crippen molar-refractivity contribution in [1.29, 1.82) is 0 Å². The van der Waals surface area contributed by atoms with Crippen LogP contribution in [-0.2, 0) is 0 Å². The lowest BCUT2D eigenvalue weighted by molar-refractivity contribution is 0.740. The highest BCUT2D eigenvalue weighted by atomic mass is 79.9. The van der Waals surface area contributed by atoms with Crippen molar-refractivity contribution >= 4 is 27.5 Å². The molecule has 0 N–H and O–H groups in total. The maximum atomic E-state index is 5.95. The van der Waals surface area contributed by atoms with E-state index in [-0.39, 0.29) is 5.38 Å². The number of hydrogen-bond donors (Lipinski definition) is 0. The molecule has 2 unspecified atom stereocenters. The Morgan fingerprint density at radius 2 is 2.33 bits per heavy atom. The highest BCUT2D eigenvalue weighted by molar-refractivity contribution is 9.11. The standard InChI is InChI=1S/C7H8BrCl/c1-5-3-2-4-6(8)7(5)9/h2-5,7H,1H3. The minimum Gasteiger partial charge on any atom is -0.117 e. The largest absolute Gasteiger partial charge is 0.117 e. The van der Waals surface area contributed by atoms with Crippen LogP contribution in [0.4, 0.5) is 0 Å². The number of rotatable bonds is 0. The van der Waals surface area contributed by atoms with Crippen LogP contribution in [0.2, 0.25) is 0 Å². The van der Waals surface area contributed by atoms with Crippen molar-refractivity contribution in [3.8, 4) is 0 Å². The highest BCUT2D eigenvalue weighted by Gasteiger charge is 2.16. The van der Waals surface area contributed by atoms with Crippen LogP contribution in [0, 0.1) is 5.92 Å². The van der Waals surface area contributed by atoms with Gasteiger partial charge in [0.15, 0.2) is 0 Å². The molecule has 0 bridgehead atoms.